The van der Waals surface area contributed by atoms with Crippen LogP contribution in [0.3, 0.4) is 0 Å². The summed E-state index contributed by atoms with van der Waals surface area (Å²) in [5.74, 6) is -0.232. The van der Waals surface area contributed by atoms with Crippen LogP contribution in [0.2, 0.25) is 0 Å². The number of rotatable bonds is 3. The van der Waals surface area contributed by atoms with Gasteiger partial charge in [0.15, 0.2) is 6.29 Å². The molecule has 0 aliphatic carbocycles. The standard InChI is InChI=1S/C6H12O3/c1-4-6(7)9-5(2)8-3/h5H,4H2,1-3H3. The molecule has 0 amide bonds. The highest BCUT2D eigenvalue weighted by atomic mass is 16.7. The molecule has 0 aliphatic rings. The van der Waals surface area contributed by atoms with E-state index in [4.69, 9.17) is 0 Å². The van der Waals surface area contributed by atoms with E-state index in [-0.39, 0.29) is 5.97 Å². The third-order valence-electron chi connectivity index (χ3n) is 0.918. The summed E-state index contributed by atoms with van der Waals surface area (Å²) in [4.78, 5) is 10.5. The van der Waals surface area contributed by atoms with Crippen LogP contribution in [0.15, 0.2) is 0 Å². The molecule has 9 heavy (non-hydrogen) atoms. The number of hydrogen-bond donors (Lipinski definition) is 0. The van der Waals surface area contributed by atoms with Gasteiger partial charge in [-0.25, -0.2) is 0 Å². The van der Waals surface area contributed by atoms with E-state index >= 15 is 0 Å². The van der Waals surface area contributed by atoms with Gasteiger partial charge in [0.2, 0.25) is 0 Å². The second-order valence-corrected chi connectivity index (χ2v) is 1.65. The van der Waals surface area contributed by atoms with Crippen LogP contribution in [-0.4, -0.2) is 19.4 Å². The van der Waals surface area contributed by atoms with Gasteiger partial charge >= 0.3 is 5.97 Å². The van der Waals surface area contributed by atoms with Gasteiger partial charge in [0.25, 0.3) is 0 Å². The lowest BCUT2D eigenvalue weighted by atomic mass is 10.5. The lowest BCUT2D eigenvalue weighted by molar-refractivity contribution is -0.169. The van der Waals surface area contributed by atoms with Gasteiger partial charge in [-0.15, -0.1) is 0 Å². The highest BCUT2D eigenvalue weighted by Gasteiger charge is 2.03. The summed E-state index contributed by atoms with van der Waals surface area (Å²) in [6.45, 7) is 3.41. The van der Waals surface area contributed by atoms with Gasteiger partial charge in [-0.1, -0.05) is 6.92 Å². The molecule has 0 saturated heterocycles. The fourth-order valence-electron chi connectivity index (χ4n) is 0.317. The molecule has 0 heterocycles. The minimum atomic E-state index is -0.419. The number of carbonyl (C=O) groups is 1. The maximum atomic E-state index is 10.5. The molecule has 0 bridgehead atoms. The minimum absolute atomic E-state index is 0.232. The van der Waals surface area contributed by atoms with Crippen molar-refractivity contribution in [3.8, 4) is 0 Å². The molecule has 0 N–H and O–H groups in total. The molecule has 1 unspecified atom stereocenters. The molecule has 54 valence electrons. The third kappa shape index (κ3) is 3.97. The molecule has 3 heteroatoms. The monoisotopic (exact) mass is 132 g/mol. The largest absolute Gasteiger partial charge is 0.436 e. The Morgan fingerprint density at radius 1 is 1.67 bits per heavy atom. The zero-order valence-electron chi connectivity index (χ0n) is 6.01. The Kier molecular flexibility index (Phi) is 4.05. The second-order valence-electron chi connectivity index (χ2n) is 1.65. The maximum absolute atomic E-state index is 10.5. The first-order valence-electron chi connectivity index (χ1n) is 2.93. The number of methoxy groups -OCH3 is 1. The van der Waals surface area contributed by atoms with E-state index in [0.717, 1.165) is 0 Å². The van der Waals surface area contributed by atoms with Gasteiger partial charge in [-0.05, 0) is 6.92 Å². The molecule has 0 fully saturated rings. The first kappa shape index (κ1) is 8.43. The summed E-state index contributed by atoms with van der Waals surface area (Å²) in [6.07, 6.45) is -0.0225. The Morgan fingerprint density at radius 2 is 2.22 bits per heavy atom. The van der Waals surface area contributed by atoms with Crippen LogP contribution >= 0.6 is 0 Å². The van der Waals surface area contributed by atoms with Crippen LogP contribution in [-0.2, 0) is 14.3 Å². The Hall–Kier alpha value is -0.570. The SMILES string of the molecule is CCC(=O)OC(C)OC. The van der Waals surface area contributed by atoms with Crippen LogP contribution in [0.4, 0.5) is 0 Å². The van der Waals surface area contributed by atoms with Gasteiger partial charge in [0.05, 0.1) is 0 Å². The van der Waals surface area contributed by atoms with Gasteiger partial charge in [-0.2, -0.15) is 0 Å². The molecule has 3 nitrogen and oxygen atoms in total. The van der Waals surface area contributed by atoms with Gasteiger partial charge < -0.3 is 9.47 Å². The van der Waals surface area contributed by atoms with Gasteiger partial charge in [0, 0.05) is 13.5 Å². The third-order valence-corrected chi connectivity index (χ3v) is 0.918. The number of carbonyl (C=O) groups excluding carboxylic acids is 1. The molecule has 0 saturated carbocycles. The molecule has 0 aromatic carbocycles. The van der Waals surface area contributed by atoms with Crippen LogP contribution in [0.5, 0.6) is 0 Å². The Bertz CT molecular complexity index is 90.3. The van der Waals surface area contributed by atoms with E-state index in [1.807, 2.05) is 0 Å². The zero-order valence-corrected chi connectivity index (χ0v) is 6.01. The van der Waals surface area contributed by atoms with Gasteiger partial charge in [0.1, 0.15) is 0 Å². The summed E-state index contributed by atoms with van der Waals surface area (Å²) in [7, 11) is 1.49. The summed E-state index contributed by atoms with van der Waals surface area (Å²) >= 11 is 0. The molecule has 0 aromatic heterocycles. The summed E-state index contributed by atoms with van der Waals surface area (Å²) in [5.41, 5.74) is 0. The smallest absolute Gasteiger partial charge is 0.307 e. The van der Waals surface area contributed by atoms with Gasteiger partial charge in [-0.3, -0.25) is 4.79 Å². The molecule has 0 aliphatic heterocycles. The second kappa shape index (κ2) is 4.32. The van der Waals surface area contributed by atoms with E-state index in [1.165, 1.54) is 7.11 Å². The topological polar surface area (TPSA) is 35.5 Å². The quantitative estimate of drug-likeness (QED) is 0.423. The predicted molar refractivity (Wildman–Crippen MR) is 32.9 cm³/mol. The van der Waals surface area contributed by atoms with Crippen molar-refractivity contribution < 1.29 is 14.3 Å². The zero-order chi connectivity index (χ0) is 7.28. The average molecular weight is 132 g/mol. The molecule has 0 radical (unpaired) electrons. The van der Waals surface area contributed by atoms with E-state index in [2.05, 4.69) is 9.47 Å². The highest BCUT2D eigenvalue weighted by Crippen LogP contribution is 1.93. The minimum Gasteiger partial charge on any atom is -0.436 e. The Labute approximate surface area is 55.0 Å². The van der Waals surface area contributed by atoms with Crippen molar-refractivity contribution in [3.63, 3.8) is 0 Å². The van der Waals surface area contributed by atoms with E-state index in [0.29, 0.717) is 6.42 Å². The number of ether oxygens (including phenoxy) is 2. The predicted octanol–water partition coefficient (Wildman–Crippen LogP) is 0.932. The van der Waals surface area contributed by atoms with Crippen molar-refractivity contribution in [3.05, 3.63) is 0 Å². The first-order valence-corrected chi connectivity index (χ1v) is 2.93. The lowest BCUT2D eigenvalue weighted by Gasteiger charge is -2.08. The maximum Gasteiger partial charge on any atom is 0.307 e. The first-order chi connectivity index (χ1) is 4.20. The molecule has 1 atom stereocenters. The Morgan fingerprint density at radius 3 is 2.56 bits per heavy atom. The molecular formula is C6H12O3. The van der Waals surface area contributed by atoms with Crippen molar-refractivity contribution in [2.24, 2.45) is 0 Å². The van der Waals surface area contributed by atoms with Crippen LogP contribution in [0.1, 0.15) is 20.3 Å². The van der Waals surface area contributed by atoms with Crippen molar-refractivity contribution in [2.75, 3.05) is 7.11 Å². The van der Waals surface area contributed by atoms with E-state index in [1.54, 1.807) is 13.8 Å². The van der Waals surface area contributed by atoms with Crippen LogP contribution < -0.4 is 0 Å². The van der Waals surface area contributed by atoms with Crippen LogP contribution in [0.25, 0.3) is 0 Å². The summed E-state index contributed by atoms with van der Waals surface area (Å²) < 4.78 is 9.37. The van der Waals surface area contributed by atoms with Crippen molar-refractivity contribution in [2.45, 2.75) is 26.6 Å². The average Bonchev–Trinajstić information content (AvgIpc) is 1.87. The van der Waals surface area contributed by atoms with E-state index in [9.17, 15) is 4.79 Å². The number of esters is 1. The molecule has 0 aromatic rings. The number of hydrogen-bond acceptors (Lipinski definition) is 3. The lowest BCUT2D eigenvalue weighted by Crippen LogP contribution is -2.15. The van der Waals surface area contributed by atoms with Crippen molar-refractivity contribution in [1.82, 2.24) is 0 Å². The van der Waals surface area contributed by atoms with Crippen molar-refractivity contribution >= 4 is 5.97 Å². The molecule has 0 rings (SSSR count). The van der Waals surface area contributed by atoms with E-state index < -0.39 is 6.29 Å². The molecule has 0 spiro atoms. The van der Waals surface area contributed by atoms with Crippen LogP contribution in [0, 0.1) is 0 Å². The fourth-order valence-corrected chi connectivity index (χ4v) is 0.317. The summed E-state index contributed by atoms with van der Waals surface area (Å²) in [5, 5.41) is 0. The Balaban J connectivity index is 3.34. The highest BCUT2D eigenvalue weighted by molar-refractivity contribution is 5.68. The summed E-state index contributed by atoms with van der Waals surface area (Å²) in [6, 6.07) is 0. The van der Waals surface area contributed by atoms with Crippen molar-refractivity contribution in [1.29, 1.82) is 0 Å². The molecular weight excluding hydrogens is 120 g/mol. The fraction of sp³-hybridized carbons (Fsp3) is 0.833. The normalized spacial score (nSPS) is 12.8.